The Bertz CT molecular complexity index is 405. The average Bonchev–Trinajstić information content (AvgIpc) is 2.75. The van der Waals surface area contributed by atoms with E-state index in [0.29, 0.717) is 5.92 Å². The fraction of sp³-hybridized carbons (Fsp3) is 0.571. The van der Waals surface area contributed by atoms with Crippen LogP contribution in [0.5, 0.6) is 5.75 Å². The molecule has 1 heterocycles. The first-order chi connectivity index (χ1) is 8.13. The molecule has 1 aromatic rings. The molecule has 1 aliphatic heterocycles. The van der Waals surface area contributed by atoms with Crippen LogP contribution in [0.3, 0.4) is 0 Å². The molecule has 0 aliphatic carbocycles. The first-order valence-corrected chi connectivity index (χ1v) is 7.13. The molecule has 2 rings (SSSR count). The molecule has 2 nitrogen and oxygen atoms in total. The fourth-order valence-electron chi connectivity index (χ4n) is 2.49. The van der Waals surface area contributed by atoms with Gasteiger partial charge in [0, 0.05) is 22.5 Å². The summed E-state index contributed by atoms with van der Waals surface area (Å²) in [4.78, 5) is 0. The molecule has 17 heavy (non-hydrogen) atoms. The van der Waals surface area contributed by atoms with Crippen LogP contribution >= 0.6 is 15.9 Å². The zero-order valence-electron chi connectivity index (χ0n) is 10.5. The minimum atomic E-state index is 0.0688. The molecule has 0 radical (unpaired) electrons. The second kappa shape index (κ2) is 5.40. The second-order valence-corrected chi connectivity index (χ2v) is 5.79. The normalized spacial score (nSPS) is 17.4. The number of rotatable bonds is 4. The Hall–Kier alpha value is -0.540. The summed E-state index contributed by atoms with van der Waals surface area (Å²) in [5, 5.41) is 0. The van der Waals surface area contributed by atoms with E-state index in [9.17, 15) is 0 Å². The van der Waals surface area contributed by atoms with E-state index in [-0.39, 0.29) is 6.04 Å². The summed E-state index contributed by atoms with van der Waals surface area (Å²) in [6, 6.07) is 4.32. The third kappa shape index (κ3) is 2.66. The fourth-order valence-corrected chi connectivity index (χ4v) is 3.01. The van der Waals surface area contributed by atoms with Crippen LogP contribution in [0.15, 0.2) is 16.6 Å². The smallest absolute Gasteiger partial charge is 0.127 e. The van der Waals surface area contributed by atoms with Crippen molar-refractivity contribution in [2.45, 2.75) is 39.2 Å². The van der Waals surface area contributed by atoms with Crippen LogP contribution < -0.4 is 10.5 Å². The number of benzene rings is 1. The summed E-state index contributed by atoms with van der Waals surface area (Å²) in [6.45, 7) is 5.20. The van der Waals surface area contributed by atoms with Gasteiger partial charge in [-0.3, -0.25) is 0 Å². The summed E-state index contributed by atoms with van der Waals surface area (Å²) < 4.78 is 6.84. The topological polar surface area (TPSA) is 35.2 Å². The summed E-state index contributed by atoms with van der Waals surface area (Å²) in [5.41, 5.74) is 8.81. The summed E-state index contributed by atoms with van der Waals surface area (Å²) >= 11 is 3.56. The molecule has 0 fully saturated rings. The molecule has 0 amide bonds. The van der Waals surface area contributed by atoms with Gasteiger partial charge in [-0.1, -0.05) is 36.2 Å². The lowest BCUT2D eigenvalue weighted by Crippen LogP contribution is -2.19. The second-order valence-electron chi connectivity index (χ2n) is 4.87. The Morgan fingerprint density at radius 1 is 1.47 bits per heavy atom. The quantitative estimate of drug-likeness (QED) is 0.917. The van der Waals surface area contributed by atoms with Crippen LogP contribution in [-0.4, -0.2) is 6.61 Å². The predicted octanol–water partition coefficient (Wildman–Crippen LogP) is 3.82. The van der Waals surface area contributed by atoms with Gasteiger partial charge in [-0.05, 0) is 30.0 Å². The standard InChI is InChI=1S/C14H20BrNO/c1-3-4-9(2)13(16)12-8-11(15)7-10-5-6-17-14(10)12/h7-9,13H,3-6,16H2,1-2H3. The molecule has 0 saturated carbocycles. The third-order valence-corrected chi connectivity index (χ3v) is 3.95. The Labute approximate surface area is 112 Å². The summed E-state index contributed by atoms with van der Waals surface area (Å²) in [6.07, 6.45) is 3.32. The number of nitrogens with two attached hydrogens (primary N) is 1. The molecule has 94 valence electrons. The molecular formula is C14H20BrNO. The highest BCUT2D eigenvalue weighted by Crippen LogP contribution is 2.38. The van der Waals surface area contributed by atoms with Crippen LogP contribution in [0.2, 0.25) is 0 Å². The highest BCUT2D eigenvalue weighted by molar-refractivity contribution is 9.10. The largest absolute Gasteiger partial charge is 0.493 e. The molecule has 2 atom stereocenters. The van der Waals surface area contributed by atoms with Crippen molar-refractivity contribution in [3.8, 4) is 5.75 Å². The van der Waals surface area contributed by atoms with Crippen LogP contribution in [0, 0.1) is 5.92 Å². The molecule has 0 saturated heterocycles. The lowest BCUT2D eigenvalue weighted by molar-refractivity contribution is 0.343. The zero-order chi connectivity index (χ0) is 12.4. The van der Waals surface area contributed by atoms with Gasteiger partial charge >= 0.3 is 0 Å². The van der Waals surface area contributed by atoms with Gasteiger partial charge in [0.2, 0.25) is 0 Å². The van der Waals surface area contributed by atoms with Crippen molar-refractivity contribution in [2.24, 2.45) is 11.7 Å². The Morgan fingerprint density at radius 2 is 2.24 bits per heavy atom. The van der Waals surface area contributed by atoms with Crippen molar-refractivity contribution in [3.63, 3.8) is 0 Å². The molecule has 2 unspecified atom stereocenters. The molecular weight excluding hydrogens is 278 g/mol. The monoisotopic (exact) mass is 297 g/mol. The molecule has 1 aromatic carbocycles. The maximum absolute atomic E-state index is 6.37. The first kappa shape index (κ1) is 12.9. The molecule has 3 heteroatoms. The average molecular weight is 298 g/mol. The molecule has 0 spiro atoms. The number of halogens is 1. The van der Waals surface area contributed by atoms with E-state index in [1.54, 1.807) is 0 Å². The van der Waals surface area contributed by atoms with Crippen LogP contribution in [0.4, 0.5) is 0 Å². The van der Waals surface area contributed by atoms with Gasteiger partial charge in [0.1, 0.15) is 5.75 Å². The number of hydrogen-bond acceptors (Lipinski definition) is 2. The van der Waals surface area contributed by atoms with Gasteiger partial charge in [0.05, 0.1) is 6.61 Å². The van der Waals surface area contributed by atoms with Gasteiger partial charge < -0.3 is 10.5 Å². The lowest BCUT2D eigenvalue weighted by Gasteiger charge is -2.22. The third-order valence-electron chi connectivity index (χ3n) is 3.49. The van der Waals surface area contributed by atoms with Gasteiger partial charge in [-0.25, -0.2) is 0 Å². The Balaban J connectivity index is 2.31. The maximum Gasteiger partial charge on any atom is 0.127 e. The van der Waals surface area contributed by atoms with Crippen LogP contribution in [0.1, 0.15) is 43.9 Å². The SMILES string of the molecule is CCCC(C)C(N)c1cc(Br)cc2c1OCC2. The van der Waals surface area contributed by atoms with E-state index in [1.807, 2.05) is 0 Å². The van der Waals surface area contributed by atoms with Crippen molar-refractivity contribution in [3.05, 3.63) is 27.7 Å². The molecule has 0 bridgehead atoms. The molecule has 0 aromatic heterocycles. The lowest BCUT2D eigenvalue weighted by atomic mass is 9.90. The van der Waals surface area contributed by atoms with E-state index in [4.69, 9.17) is 10.5 Å². The van der Waals surface area contributed by atoms with Crippen molar-refractivity contribution >= 4 is 15.9 Å². The highest BCUT2D eigenvalue weighted by Gasteiger charge is 2.24. The Morgan fingerprint density at radius 3 is 2.94 bits per heavy atom. The van der Waals surface area contributed by atoms with Crippen molar-refractivity contribution in [1.82, 2.24) is 0 Å². The minimum Gasteiger partial charge on any atom is -0.493 e. The van der Waals surface area contributed by atoms with E-state index in [2.05, 4.69) is 41.9 Å². The van der Waals surface area contributed by atoms with Gasteiger partial charge in [0.25, 0.3) is 0 Å². The van der Waals surface area contributed by atoms with Crippen molar-refractivity contribution in [1.29, 1.82) is 0 Å². The van der Waals surface area contributed by atoms with E-state index in [1.165, 1.54) is 12.0 Å². The van der Waals surface area contributed by atoms with E-state index < -0.39 is 0 Å². The minimum absolute atomic E-state index is 0.0688. The van der Waals surface area contributed by atoms with Crippen LogP contribution in [-0.2, 0) is 6.42 Å². The predicted molar refractivity (Wildman–Crippen MR) is 74.3 cm³/mol. The molecule has 2 N–H and O–H groups in total. The summed E-state index contributed by atoms with van der Waals surface area (Å²) in [5.74, 6) is 1.52. The number of hydrogen-bond donors (Lipinski definition) is 1. The van der Waals surface area contributed by atoms with Crippen LogP contribution in [0.25, 0.3) is 0 Å². The zero-order valence-corrected chi connectivity index (χ0v) is 12.1. The van der Waals surface area contributed by atoms with Crippen molar-refractivity contribution in [2.75, 3.05) is 6.61 Å². The molecule has 1 aliphatic rings. The van der Waals surface area contributed by atoms with Crippen molar-refractivity contribution < 1.29 is 4.74 Å². The number of fused-ring (bicyclic) bond motifs is 1. The van der Waals surface area contributed by atoms with Gasteiger partial charge in [0.15, 0.2) is 0 Å². The first-order valence-electron chi connectivity index (χ1n) is 6.34. The number of ether oxygens (including phenoxy) is 1. The maximum atomic E-state index is 6.37. The highest BCUT2D eigenvalue weighted by atomic mass is 79.9. The van der Waals surface area contributed by atoms with Gasteiger partial charge in [-0.2, -0.15) is 0 Å². The van der Waals surface area contributed by atoms with Gasteiger partial charge in [-0.15, -0.1) is 0 Å². The Kier molecular flexibility index (Phi) is 4.10. The van der Waals surface area contributed by atoms with E-state index >= 15 is 0 Å². The summed E-state index contributed by atoms with van der Waals surface area (Å²) in [7, 11) is 0. The van der Waals surface area contributed by atoms with E-state index in [0.717, 1.165) is 35.2 Å².